The summed E-state index contributed by atoms with van der Waals surface area (Å²) in [4.78, 5) is 23.1. The fourth-order valence-corrected chi connectivity index (χ4v) is 3.36. The van der Waals surface area contributed by atoms with Crippen LogP contribution in [0.1, 0.15) is 30.7 Å². The molecule has 0 radical (unpaired) electrons. The fourth-order valence-electron chi connectivity index (χ4n) is 3.36. The summed E-state index contributed by atoms with van der Waals surface area (Å²) in [5.41, 5.74) is 2.04. The van der Waals surface area contributed by atoms with Crippen molar-refractivity contribution in [2.75, 3.05) is 13.2 Å². The molecule has 6 nitrogen and oxygen atoms in total. The van der Waals surface area contributed by atoms with Crippen molar-refractivity contribution in [3.05, 3.63) is 48.3 Å². The lowest BCUT2D eigenvalue weighted by atomic mass is 10.1. The van der Waals surface area contributed by atoms with Gasteiger partial charge in [-0.25, -0.2) is 4.98 Å². The molecule has 2 aliphatic rings. The number of carbonyl (C=O) groups is 1. The van der Waals surface area contributed by atoms with Crippen molar-refractivity contribution in [3.8, 4) is 0 Å². The number of carbonyl (C=O) groups excluding carboxylic acids is 1. The molecule has 1 saturated carbocycles. The number of fused-ring (bicyclic) bond motifs is 1. The summed E-state index contributed by atoms with van der Waals surface area (Å²) in [6.45, 7) is 3.36. The summed E-state index contributed by atoms with van der Waals surface area (Å²) in [6.07, 6.45) is 8.60. The van der Waals surface area contributed by atoms with Crippen molar-refractivity contribution in [1.82, 2.24) is 19.4 Å². The van der Waals surface area contributed by atoms with Crippen molar-refractivity contribution in [2.45, 2.75) is 39.0 Å². The van der Waals surface area contributed by atoms with Crippen LogP contribution in [0, 0.1) is 11.8 Å². The summed E-state index contributed by atoms with van der Waals surface area (Å²) in [5, 5.41) is 0. The Morgan fingerprint density at radius 3 is 2.96 bits per heavy atom. The number of amides is 1. The molecule has 4 rings (SSSR count). The predicted molar refractivity (Wildman–Crippen MR) is 92.4 cm³/mol. The van der Waals surface area contributed by atoms with Crippen molar-refractivity contribution >= 4 is 5.91 Å². The number of hydrogen-bond donors (Lipinski definition) is 0. The number of imidazole rings is 1. The lowest BCUT2D eigenvalue weighted by Gasteiger charge is -2.24. The van der Waals surface area contributed by atoms with Gasteiger partial charge in [-0.15, -0.1) is 0 Å². The largest absolute Gasteiger partial charge is 0.375 e. The molecule has 6 heteroatoms. The van der Waals surface area contributed by atoms with Gasteiger partial charge in [-0.1, -0.05) is 6.07 Å². The Balaban J connectivity index is 1.38. The zero-order valence-electron chi connectivity index (χ0n) is 14.4. The Kier molecular flexibility index (Phi) is 4.78. The first-order chi connectivity index (χ1) is 12.3. The van der Waals surface area contributed by atoms with Crippen LogP contribution >= 0.6 is 0 Å². The summed E-state index contributed by atoms with van der Waals surface area (Å²) >= 11 is 0. The summed E-state index contributed by atoms with van der Waals surface area (Å²) in [7, 11) is 0. The zero-order valence-corrected chi connectivity index (χ0v) is 14.4. The highest BCUT2D eigenvalue weighted by Gasteiger charge is 2.30. The van der Waals surface area contributed by atoms with Crippen molar-refractivity contribution in [2.24, 2.45) is 11.8 Å². The highest BCUT2D eigenvalue weighted by Crippen LogP contribution is 2.33. The average Bonchev–Trinajstić information content (AvgIpc) is 3.37. The molecule has 0 aromatic carbocycles. The second-order valence-electron chi connectivity index (χ2n) is 7.16. The third-order valence-corrected chi connectivity index (χ3v) is 4.93. The van der Waals surface area contributed by atoms with Gasteiger partial charge in [0.2, 0.25) is 5.91 Å². The van der Waals surface area contributed by atoms with Crippen molar-refractivity contribution < 1.29 is 9.53 Å². The molecule has 2 aromatic rings. The lowest BCUT2D eigenvalue weighted by Crippen LogP contribution is -2.35. The van der Waals surface area contributed by atoms with Gasteiger partial charge in [0.1, 0.15) is 0 Å². The van der Waals surface area contributed by atoms with Crippen molar-refractivity contribution in [3.63, 3.8) is 0 Å². The van der Waals surface area contributed by atoms with E-state index < -0.39 is 0 Å². The van der Waals surface area contributed by atoms with E-state index >= 15 is 0 Å². The van der Waals surface area contributed by atoms with Crippen LogP contribution in [0.5, 0.6) is 0 Å². The summed E-state index contributed by atoms with van der Waals surface area (Å²) in [5.74, 6) is 1.15. The fraction of sp³-hybridized carbons (Fsp3) is 0.526. The molecular weight excluding hydrogens is 316 g/mol. The topological polar surface area (TPSA) is 60.2 Å². The van der Waals surface area contributed by atoms with E-state index in [4.69, 9.17) is 4.74 Å². The van der Waals surface area contributed by atoms with E-state index in [1.807, 2.05) is 35.6 Å². The third kappa shape index (κ3) is 4.25. The molecular formula is C19H24N4O2. The molecule has 2 aromatic heterocycles. The van der Waals surface area contributed by atoms with Crippen LogP contribution in [0.4, 0.5) is 0 Å². The minimum Gasteiger partial charge on any atom is -0.375 e. The first-order valence-corrected chi connectivity index (χ1v) is 9.02. The van der Waals surface area contributed by atoms with E-state index in [1.165, 1.54) is 12.8 Å². The van der Waals surface area contributed by atoms with Gasteiger partial charge in [-0.2, -0.15) is 0 Å². The van der Waals surface area contributed by atoms with Crippen LogP contribution in [0.25, 0.3) is 0 Å². The molecule has 0 N–H and O–H groups in total. The molecule has 1 aliphatic carbocycles. The summed E-state index contributed by atoms with van der Waals surface area (Å²) < 4.78 is 8.05. The van der Waals surface area contributed by atoms with Crippen LogP contribution < -0.4 is 0 Å². The number of rotatable bonds is 6. The molecule has 1 fully saturated rings. The number of nitrogens with zero attached hydrogens (tertiary/aromatic N) is 4. The van der Waals surface area contributed by atoms with Gasteiger partial charge in [0.25, 0.3) is 0 Å². The smallest absolute Gasteiger partial charge is 0.223 e. The van der Waals surface area contributed by atoms with Gasteiger partial charge in [0.05, 0.1) is 37.5 Å². The number of ether oxygens (including phenoxy) is 1. The van der Waals surface area contributed by atoms with E-state index in [2.05, 4.69) is 14.5 Å². The Hall–Kier alpha value is -2.21. The standard InChI is InChI=1S/C19H24N4O2/c24-19(7-15-4-5-15)22-9-16(10-23-14-20-8-18(23)11-22)12-25-13-17-3-1-2-6-21-17/h1-3,6,8,14-16H,4-5,7,9-13H2/t16-/m0/s1. The molecule has 1 atom stereocenters. The summed E-state index contributed by atoms with van der Waals surface area (Å²) in [6, 6.07) is 5.83. The maximum Gasteiger partial charge on any atom is 0.223 e. The van der Waals surface area contributed by atoms with Gasteiger partial charge in [-0.3, -0.25) is 9.78 Å². The van der Waals surface area contributed by atoms with Crippen LogP contribution in [0.3, 0.4) is 0 Å². The van der Waals surface area contributed by atoms with Gasteiger partial charge in [0.15, 0.2) is 0 Å². The Morgan fingerprint density at radius 1 is 1.24 bits per heavy atom. The normalized spacial score (nSPS) is 20.2. The molecule has 0 spiro atoms. The average molecular weight is 340 g/mol. The molecule has 132 valence electrons. The molecule has 0 unspecified atom stereocenters. The van der Waals surface area contributed by atoms with E-state index in [-0.39, 0.29) is 11.8 Å². The quantitative estimate of drug-likeness (QED) is 0.809. The zero-order chi connectivity index (χ0) is 17.1. The number of pyridine rings is 1. The highest BCUT2D eigenvalue weighted by atomic mass is 16.5. The maximum atomic E-state index is 12.6. The molecule has 1 aliphatic heterocycles. The molecule has 3 heterocycles. The molecule has 0 saturated heterocycles. The van der Waals surface area contributed by atoms with Crippen LogP contribution in [-0.2, 0) is 29.2 Å². The van der Waals surface area contributed by atoms with Crippen LogP contribution in [0.15, 0.2) is 36.9 Å². The first-order valence-electron chi connectivity index (χ1n) is 9.02. The Morgan fingerprint density at radius 2 is 2.16 bits per heavy atom. The van der Waals surface area contributed by atoms with Gasteiger partial charge in [-0.05, 0) is 30.9 Å². The first kappa shape index (κ1) is 16.3. The number of hydrogen-bond acceptors (Lipinski definition) is 4. The minimum absolute atomic E-state index is 0.266. The van der Waals surface area contributed by atoms with Crippen LogP contribution in [0.2, 0.25) is 0 Å². The highest BCUT2D eigenvalue weighted by molar-refractivity contribution is 5.76. The lowest BCUT2D eigenvalue weighted by molar-refractivity contribution is -0.133. The SMILES string of the molecule is O=C(CC1CC1)N1Cc2cncn2C[C@@H](COCc2ccccn2)C1. The molecule has 25 heavy (non-hydrogen) atoms. The van der Waals surface area contributed by atoms with E-state index in [0.717, 1.165) is 24.5 Å². The predicted octanol–water partition coefficient (Wildman–Crippen LogP) is 2.25. The van der Waals surface area contributed by atoms with E-state index in [1.54, 1.807) is 6.20 Å². The number of aromatic nitrogens is 3. The van der Waals surface area contributed by atoms with E-state index in [9.17, 15) is 4.79 Å². The van der Waals surface area contributed by atoms with E-state index in [0.29, 0.717) is 32.1 Å². The van der Waals surface area contributed by atoms with Crippen LogP contribution in [-0.4, -0.2) is 38.5 Å². The Labute approximate surface area is 147 Å². The maximum absolute atomic E-state index is 12.6. The van der Waals surface area contributed by atoms with Crippen molar-refractivity contribution in [1.29, 1.82) is 0 Å². The molecule has 1 amide bonds. The van der Waals surface area contributed by atoms with Gasteiger partial charge < -0.3 is 14.2 Å². The van der Waals surface area contributed by atoms with Gasteiger partial charge >= 0.3 is 0 Å². The van der Waals surface area contributed by atoms with Gasteiger partial charge in [0, 0.05) is 37.8 Å². The second-order valence-corrected chi connectivity index (χ2v) is 7.16. The third-order valence-electron chi connectivity index (χ3n) is 4.93. The minimum atomic E-state index is 0.266. The second kappa shape index (κ2) is 7.35. The Bertz CT molecular complexity index is 711. The monoisotopic (exact) mass is 340 g/mol. The molecule has 0 bridgehead atoms.